The first-order valence-electron chi connectivity index (χ1n) is 9.10. The molecule has 1 N–H and O–H groups in total. The number of amides is 1. The van der Waals surface area contributed by atoms with Crippen molar-refractivity contribution in [3.8, 4) is 0 Å². The van der Waals surface area contributed by atoms with Crippen LogP contribution in [0.4, 0.5) is 28.3 Å². The van der Waals surface area contributed by atoms with Crippen molar-refractivity contribution in [3.05, 3.63) is 52.0 Å². The van der Waals surface area contributed by atoms with Crippen molar-refractivity contribution in [1.29, 1.82) is 0 Å². The van der Waals surface area contributed by atoms with E-state index in [2.05, 4.69) is 15.0 Å². The minimum Gasteiger partial charge on any atom is -0.446 e. The van der Waals surface area contributed by atoms with Gasteiger partial charge in [-0.3, -0.25) is 4.79 Å². The van der Waals surface area contributed by atoms with Gasteiger partial charge < -0.3 is 19.5 Å². The van der Waals surface area contributed by atoms with Crippen molar-refractivity contribution in [2.45, 2.75) is 25.6 Å². The van der Waals surface area contributed by atoms with Crippen molar-refractivity contribution in [3.63, 3.8) is 0 Å². The largest absolute Gasteiger partial charge is 0.446 e. The first-order chi connectivity index (χ1) is 14.1. The Bertz CT molecular complexity index is 940. The fraction of sp³-hybridized carbons (Fsp3) is 0.444. The van der Waals surface area contributed by atoms with Crippen LogP contribution in [0.1, 0.15) is 18.1 Å². The summed E-state index contributed by atoms with van der Waals surface area (Å²) >= 11 is 0. The van der Waals surface area contributed by atoms with E-state index in [-0.39, 0.29) is 12.0 Å². The normalized spacial score (nSPS) is 15.8. The molecular formula is C18H19F4N5O3. The summed E-state index contributed by atoms with van der Waals surface area (Å²) in [6.45, 7) is 3.04. The molecule has 0 radical (unpaired) electrons. The van der Waals surface area contributed by atoms with E-state index in [9.17, 15) is 27.2 Å². The number of H-pyrrole nitrogens is 1. The van der Waals surface area contributed by atoms with Gasteiger partial charge in [-0.2, -0.15) is 13.2 Å². The maximum atomic E-state index is 12.9. The van der Waals surface area contributed by atoms with Gasteiger partial charge in [0.15, 0.2) is 5.82 Å². The van der Waals surface area contributed by atoms with Crippen molar-refractivity contribution in [2.24, 2.45) is 0 Å². The molecule has 3 heterocycles. The van der Waals surface area contributed by atoms with Crippen LogP contribution in [0.5, 0.6) is 0 Å². The van der Waals surface area contributed by atoms with Crippen LogP contribution in [0, 0.1) is 5.82 Å². The highest BCUT2D eigenvalue weighted by Crippen LogP contribution is 2.27. The third-order valence-electron chi connectivity index (χ3n) is 4.52. The molecule has 3 rings (SSSR count). The lowest BCUT2D eigenvalue weighted by atomic mass is 10.1. The molecule has 0 bridgehead atoms. The predicted octanol–water partition coefficient (Wildman–Crippen LogP) is 2.21. The number of rotatable bonds is 4. The van der Waals surface area contributed by atoms with E-state index in [1.807, 2.05) is 0 Å². The maximum absolute atomic E-state index is 12.9. The minimum absolute atomic E-state index is 0.00891. The average molecular weight is 429 g/mol. The number of carbonyl (C=O) groups is 1. The molecule has 1 saturated heterocycles. The van der Waals surface area contributed by atoms with E-state index in [4.69, 9.17) is 4.74 Å². The van der Waals surface area contributed by atoms with Gasteiger partial charge >= 0.3 is 12.3 Å². The number of halogens is 4. The zero-order chi connectivity index (χ0) is 21.9. The van der Waals surface area contributed by atoms with E-state index in [0.717, 1.165) is 18.5 Å². The Kier molecular flexibility index (Phi) is 6.22. The summed E-state index contributed by atoms with van der Waals surface area (Å²) in [6.07, 6.45) is -2.77. The Balaban J connectivity index is 1.53. The van der Waals surface area contributed by atoms with Crippen LogP contribution in [-0.4, -0.2) is 58.2 Å². The van der Waals surface area contributed by atoms with Gasteiger partial charge in [-0.1, -0.05) is 0 Å². The third-order valence-corrected chi connectivity index (χ3v) is 4.52. The summed E-state index contributed by atoms with van der Waals surface area (Å²) in [4.78, 5) is 36.8. The molecule has 2 aromatic rings. The number of hydrogen-bond donors (Lipinski definition) is 1. The van der Waals surface area contributed by atoms with E-state index < -0.39 is 35.3 Å². The van der Waals surface area contributed by atoms with Crippen LogP contribution in [-0.2, 0) is 17.3 Å². The third kappa shape index (κ3) is 5.24. The van der Waals surface area contributed by atoms with E-state index in [1.165, 1.54) is 11.1 Å². The predicted molar refractivity (Wildman–Crippen MR) is 97.5 cm³/mol. The Morgan fingerprint density at radius 3 is 2.47 bits per heavy atom. The highest BCUT2D eigenvalue weighted by molar-refractivity contribution is 5.68. The number of alkyl halides is 3. The number of carbonyl (C=O) groups excluding carboxylic acids is 1. The Hall–Kier alpha value is -3.18. The molecule has 1 amide bonds. The SMILES string of the molecule is CC(Cc1c[nH]c(=O)c(C(F)(F)F)c1)OC(=O)N1CCN(c2ncc(F)cn2)CC1. The van der Waals surface area contributed by atoms with Crippen LogP contribution in [0.3, 0.4) is 0 Å². The molecule has 2 aromatic heterocycles. The lowest BCUT2D eigenvalue weighted by Gasteiger charge is -2.34. The number of pyridine rings is 1. The fourth-order valence-electron chi connectivity index (χ4n) is 3.04. The molecule has 0 aliphatic carbocycles. The van der Waals surface area contributed by atoms with Crippen molar-refractivity contribution >= 4 is 12.0 Å². The van der Waals surface area contributed by atoms with Gasteiger partial charge in [0.1, 0.15) is 11.7 Å². The summed E-state index contributed by atoms with van der Waals surface area (Å²) in [5, 5.41) is 0. The Labute approximate surface area is 168 Å². The summed E-state index contributed by atoms with van der Waals surface area (Å²) in [5.41, 5.74) is -2.32. The number of piperazine rings is 1. The number of aromatic amines is 1. The van der Waals surface area contributed by atoms with Crippen LogP contribution in [0.25, 0.3) is 0 Å². The molecule has 8 nitrogen and oxygen atoms in total. The lowest BCUT2D eigenvalue weighted by Crippen LogP contribution is -2.50. The molecule has 1 aliphatic rings. The molecule has 1 atom stereocenters. The van der Waals surface area contributed by atoms with Gasteiger partial charge in [-0.15, -0.1) is 0 Å². The van der Waals surface area contributed by atoms with Gasteiger partial charge in [0.2, 0.25) is 5.95 Å². The average Bonchev–Trinajstić information content (AvgIpc) is 2.69. The van der Waals surface area contributed by atoms with Gasteiger partial charge in [0, 0.05) is 38.8 Å². The standard InChI is InChI=1S/C18H19F4N5O3/c1-11(6-12-7-14(18(20,21)22)15(28)23-8-12)30-17(29)27-4-2-26(3-5-27)16-24-9-13(19)10-25-16/h7-11H,2-6H2,1H3,(H,23,28). The van der Waals surface area contributed by atoms with Gasteiger partial charge in [0.25, 0.3) is 5.56 Å². The van der Waals surface area contributed by atoms with E-state index in [1.54, 1.807) is 11.8 Å². The Morgan fingerprint density at radius 1 is 1.23 bits per heavy atom. The number of aromatic nitrogens is 3. The zero-order valence-electron chi connectivity index (χ0n) is 15.9. The van der Waals surface area contributed by atoms with Crippen LogP contribution < -0.4 is 10.5 Å². The van der Waals surface area contributed by atoms with Gasteiger partial charge in [-0.05, 0) is 18.6 Å². The molecule has 0 spiro atoms. The summed E-state index contributed by atoms with van der Waals surface area (Å²) in [7, 11) is 0. The molecule has 1 fully saturated rings. The molecule has 30 heavy (non-hydrogen) atoms. The molecule has 1 unspecified atom stereocenters. The maximum Gasteiger partial charge on any atom is 0.421 e. The highest BCUT2D eigenvalue weighted by atomic mass is 19.4. The van der Waals surface area contributed by atoms with Gasteiger partial charge in [-0.25, -0.2) is 19.2 Å². The van der Waals surface area contributed by atoms with E-state index >= 15 is 0 Å². The summed E-state index contributed by atoms with van der Waals surface area (Å²) in [6, 6.07) is 0.755. The van der Waals surface area contributed by atoms with Crippen molar-refractivity contribution in [2.75, 3.05) is 31.1 Å². The topological polar surface area (TPSA) is 91.4 Å². The fourth-order valence-corrected chi connectivity index (χ4v) is 3.04. The molecule has 1 aliphatic heterocycles. The zero-order valence-corrected chi connectivity index (χ0v) is 15.9. The molecule has 162 valence electrons. The number of hydrogen-bond acceptors (Lipinski definition) is 6. The number of nitrogens with one attached hydrogen (secondary N) is 1. The number of anilines is 1. The molecule has 0 aromatic carbocycles. The molecule has 12 heteroatoms. The number of ether oxygens (including phenoxy) is 1. The smallest absolute Gasteiger partial charge is 0.421 e. The number of nitrogens with zero attached hydrogens (tertiary/aromatic N) is 4. The van der Waals surface area contributed by atoms with Crippen molar-refractivity contribution < 1.29 is 27.1 Å². The lowest BCUT2D eigenvalue weighted by molar-refractivity contribution is -0.138. The van der Waals surface area contributed by atoms with Gasteiger partial charge in [0.05, 0.1) is 12.4 Å². The van der Waals surface area contributed by atoms with Crippen LogP contribution in [0.2, 0.25) is 0 Å². The quantitative estimate of drug-likeness (QED) is 0.750. The van der Waals surface area contributed by atoms with Crippen LogP contribution >= 0.6 is 0 Å². The summed E-state index contributed by atoms with van der Waals surface area (Å²) in [5.74, 6) is -0.184. The highest BCUT2D eigenvalue weighted by Gasteiger charge is 2.34. The second kappa shape index (κ2) is 8.67. The first-order valence-corrected chi connectivity index (χ1v) is 9.10. The van der Waals surface area contributed by atoms with Crippen molar-refractivity contribution in [1.82, 2.24) is 19.9 Å². The Morgan fingerprint density at radius 2 is 1.87 bits per heavy atom. The second-order valence-corrected chi connectivity index (χ2v) is 6.82. The monoisotopic (exact) mass is 429 g/mol. The molecular weight excluding hydrogens is 410 g/mol. The first kappa shape index (κ1) is 21.5. The molecule has 0 saturated carbocycles. The second-order valence-electron chi connectivity index (χ2n) is 6.82. The summed E-state index contributed by atoms with van der Waals surface area (Å²) < 4.78 is 56.8. The minimum atomic E-state index is -4.77. The van der Waals surface area contributed by atoms with E-state index in [0.29, 0.717) is 32.1 Å². The van der Waals surface area contributed by atoms with Crippen LogP contribution in [0.15, 0.2) is 29.5 Å².